The van der Waals surface area contributed by atoms with E-state index < -0.39 is 29.3 Å². The van der Waals surface area contributed by atoms with Crippen molar-refractivity contribution in [3.8, 4) is 0 Å². The van der Waals surface area contributed by atoms with Crippen molar-refractivity contribution in [1.29, 1.82) is 0 Å². The van der Waals surface area contributed by atoms with Crippen LogP contribution in [0, 0.1) is 0 Å². The zero-order valence-corrected chi connectivity index (χ0v) is 13.3. The molecular formula is C14H12N2O5S2. The summed E-state index contributed by atoms with van der Waals surface area (Å²) < 4.78 is 0. The number of aliphatic carboxylic acids is 1. The third kappa shape index (κ3) is 2.77. The van der Waals surface area contributed by atoms with Gasteiger partial charge in [-0.1, -0.05) is 6.07 Å². The molecule has 0 spiro atoms. The Bertz CT molecular complexity index is 700. The van der Waals surface area contributed by atoms with Gasteiger partial charge in [0.25, 0.3) is 0 Å². The maximum Gasteiger partial charge on any atom is 0.331 e. The molecular weight excluding hydrogens is 340 g/mol. The quantitative estimate of drug-likeness (QED) is 0.581. The van der Waals surface area contributed by atoms with Gasteiger partial charge in [0.05, 0.1) is 6.42 Å². The number of thiophene rings is 1. The second-order valence-electron chi connectivity index (χ2n) is 5.05. The number of β-lactam (4-membered cyclic amide) rings is 1. The summed E-state index contributed by atoms with van der Waals surface area (Å²) in [5, 5.41) is 14.7. The summed E-state index contributed by atoms with van der Waals surface area (Å²) in [6, 6.07) is 1.62. The van der Waals surface area contributed by atoms with Crippen molar-refractivity contribution >= 4 is 47.2 Å². The monoisotopic (exact) mass is 352 g/mol. The maximum atomic E-state index is 12.2. The number of hydrogen-bond donors (Lipinski definition) is 2. The van der Waals surface area contributed by atoms with Crippen LogP contribution in [-0.4, -0.2) is 51.5 Å². The molecule has 2 unspecified atom stereocenters. The first-order valence-electron chi connectivity index (χ1n) is 6.70. The normalized spacial score (nSPS) is 25.9. The summed E-state index contributed by atoms with van der Waals surface area (Å²) in [5.74, 6) is -2.03. The zero-order chi connectivity index (χ0) is 16.6. The highest BCUT2D eigenvalue weighted by Gasteiger charge is 2.55. The Hall–Kier alpha value is -2.13. The molecule has 0 aliphatic carbocycles. The van der Waals surface area contributed by atoms with E-state index in [1.807, 2.05) is 17.5 Å². The highest BCUT2D eigenvalue weighted by Crippen LogP contribution is 2.39. The molecule has 2 amide bonds. The predicted molar refractivity (Wildman–Crippen MR) is 83.7 cm³/mol. The van der Waals surface area contributed by atoms with E-state index in [1.54, 1.807) is 0 Å². The van der Waals surface area contributed by atoms with Crippen LogP contribution in [0.25, 0.3) is 0 Å². The fourth-order valence-electron chi connectivity index (χ4n) is 2.56. The largest absolute Gasteiger partial charge is 0.479 e. The van der Waals surface area contributed by atoms with Gasteiger partial charge in [0.15, 0.2) is 6.04 Å². The zero-order valence-electron chi connectivity index (χ0n) is 11.7. The summed E-state index contributed by atoms with van der Waals surface area (Å²) in [5.41, 5.74) is 0.0375. The summed E-state index contributed by atoms with van der Waals surface area (Å²) in [6.07, 6.45) is 0.620. The van der Waals surface area contributed by atoms with E-state index in [0.29, 0.717) is 6.29 Å². The maximum absolute atomic E-state index is 12.2. The van der Waals surface area contributed by atoms with Crippen molar-refractivity contribution < 1.29 is 24.3 Å². The highest BCUT2D eigenvalue weighted by atomic mass is 32.2. The van der Waals surface area contributed by atoms with Gasteiger partial charge in [-0.15, -0.1) is 23.1 Å². The molecule has 3 atom stereocenters. The second-order valence-corrected chi connectivity index (χ2v) is 7.07. The molecule has 0 bridgehead atoms. The Labute approximate surface area is 139 Å². The standard InChI is InChI=1S/C14H12N2O5S2/c17-5-7-6-23-13-10(12(19)16(13)11(7)14(20)21)15-9(18)4-8-2-1-3-22-8/h1-3,5-6,10-11,13H,4H2,(H,15,18)(H,20,21)/t10?,11?,13-/m1/s1. The fourth-order valence-corrected chi connectivity index (χ4v) is 4.44. The third-order valence-corrected chi connectivity index (χ3v) is 5.68. The van der Waals surface area contributed by atoms with E-state index >= 15 is 0 Å². The smallest absolute Gasteiger partial charge is 0.331 e. The molecule has 120 valence electrons. The van der Waals surface area contributed by atoms with Crippen molar-refractivity contribution in [3.05, 3.63) is 33.4 Å². The van der Waals surface area contributed by atoms with Crippen molar-refractivity contribution in [3.63, 3.8) is 0 Å². The predicted octanol–water partition coefficient (Wildman–Crippen LogP) is 0.226. The molecule has 3 heterocycles. The molecule has 1 aromatic heterocycles. The summed E-state index contributed by atoms with van der Waals surface area (Å²) in [4.78, 5) is 48.5. The van der Waals surface area contributed by atoms with Gasteiger partial charge in [-0.25, -0.2) is 4.79 Å². The van der Waals surface area contributed by atoms with Gasteiger partial charge in [0.1, 0.15) is 17.7 Å². The summed E-state index contributed by atoms with van der Waals surface area (Å²) in [6.45, 7) is 0. The summed E-state index contributed by atoms with van der Waals surface area (Å²) >= 11 is 2.61. The van der Waals surface area contributed by atoms with E-state index in [9.17, 15) is 24.3 Å². The molecule has 0 saturated carbocycles. The van der Waals surface area contributed by atoms with Crippen LogP contribution in [0.2, 0.25) is 0 Å². The Morgan fingerprint density at radius 2 is 2.22 bits per heavy atom. The molecule has 0 radical (unpaired) electrons. The van der Waals surface area contributed by atoms with E-state index in [4.69, 9.17) is 0 Å². The van der Waals surface area contributed by atoms with E-state index in [2.05, 4.69) is 5.32 Å². The molecule has 3 rings (SSSR count). The second kappa shape index (κ2) is 6.17. The SMILES string of the molecule is O=CC1=CS[C@@H]2C(NC(=O)Cc3cccs3)C(=O)N2C1C(=O)O. The van der Waals surface area contributed by atoms with Crippen LogP contribution < -0.4 is 5.32 Å². The van der Waals surface area contributed by atoms with Crippen molar-refractivity contribution in [2.45, 2.75) is 23.9 Å². The van der Waals surface area contributed by atoms with Crippen LogP contribution in [0.1, 0.15) is 4.88 Å². The third-order valence-electron chi connectivity index (χ3n) is 3.62. The van der Waals surface area contributed by atoms with Crippen LogP contribution in [0.4, 0.5) is 0 Å². The van der Waals surface area contributed by atoms with Gasteiger partial charge in [-0.05, 0) is 16.9 Å². The molecule has 0 aromatic carbocycles. The topological polar surface area (TPSA) is 104 Å². The van der Waals surface area contributed by atoms with Gasteiger partial charge in [-0.3, -0.25) is 14.4 Å². The highest BCUT2D eigenvalue weighted by molar-refractivity contribution is 8.03. The Kier molecular flexibility index (Phi) is 4.22. The lowest BCUT2D eigenvalue weighted by Crippen LogP contribution is -2.74. The number of nitrogens with one attached hydrogen (secondary N) is 1. The van der Waals surface area contributed by atoms with E-state index in [-0.39, 0.29) is 17.9 Å². The number of thioether (sulfide) groups is 1. The number of fused-ring (bicyclic) bond motifs is 1. The number of hydrogen-bond acceptors (Lipinski definition) is 6. The van der Waals surface area contributed by atoms with Crippen molar-refractivity contribution in [2.75, 3.05) is 0 Å². The minimum atomic E-state index is -1.28. The van der Waals surface area contributed by atoms with Crippen LogP contribution in [0.3, 0.4) is 0 Å². The number of carboxylic acid groups (broad SMARTS) is 1. The molecule has 7 nitrogen and oxygen atoms in total. The minimum Gasteiger partial charge on any atom is -0.479 e. The van der Waals surface area contributed by atoms with Crippen molar-refractivity contribution in [2.24, 2.45) is 0 Å². The molecule has 2 aliphatic rings. The lowest BCUT2D eigenvalue weighted by Gasteiger charge is -2.50. The number of carbonyl (C=O) groups is 4. The molecule has 1 fully saturated rings. The van der Waals surface area contributed by atoms with Gasteiger partial charge in [-0.2, -0.15) is 0 Å². The van der Waals surface area contributed by atoms with Crippen molar-refractivity contribution in [1.82, 2.24) is 10.2 Å². The van der Waals surface area contributed by atoms with Gasteiger partial charge < -0.3 is 15.3 Å². The first-order valence-corrected chi connectivity index (χ1v) is 8.52. The van der Waals surface area contributed by atoms with Gasteiger partial charge in [0.2, 0.25) is 11.8 Å². The lowest BCUT2D eigenvalue weighted by atomic mass is 9.98. The number of carboxylic acids is 1. The van der Waals surface area contributed by atoms with Crippen LogP contribution in [0.5, 0.6) is 0 Å². The van der Waals surface area contributed by atoms with Crippen LogP contribution in [0.15, 0.2) is 28.5 Å². The van der Waals surface area contributed by atoms with Crippen LogP contribution >= 0.6 is 23.1 Å². The molecule has 1 aromatic rings. The Balaban J connectivity index is 1.69. The molecule has 1 saturated heterocycles. The average molecular weight is 352 g/mol. The minimum absolute atomic E-state index is 0.0375. The number of amides is 2. The molecule has 2 N–H and O–H groups in total. The number of aldehydes is 1. The first kappa shape index (κ1) is 15.8. The van der Waals surface area contributed by atoms with E-state index in [0.717, 1.165) is 21.5 Å². The molecule has 23 heavy (non-hydrogen) atoms. The number of nitrogens with zero attached hydrogens (tertiary/aromatic N) is 1. The lowest BCUT2D eigenvalue weighted by molar-refractivity contribution is -0.160. The Morgan fingerprint density at radius 1 is 1.43 bits per heavy atom. The van der Waals surface area contributed by atoms with Crippen LogP contribution in [-0.2, 0) is 25.6 Å². The average Bonchev–Trinajstić information content (AvgIpc) is 3.03. The van der Waals surface area contributed by atoms with E-state index in [1.165, 1.54) is 16.7 Å². The fraction of sp³-hybridized carbons (Fsp3) is 0.286. The number of carbonyl (C=O) groups excluding carboxylic acids is 3. The van der Waals surface area contributed by atoms with Gasteiger partial charge >= 0.3 is 5.97 Å². The van der Waals surface area contributed by atoms with Gasteiger partial charge in [0, 0.05) is 10.5 Å². The Morgan fingerprint density at radius 3 is 2.83 bits per heavy atom. The number of rotatable bonds is 5. The first-order chi connectivity index (χ1) is 11.0. The summed E-state index contributed by atoms with van der Waals surface area (Å²) in [7, 11) is 0. The molecule has 2 aliphatic heterocycles. The molecule has 9 heteroatoms.